The van der Waals surface area contributed by atoms with Gasteiger partial charge in [0.15, 0.2) is 0 Å². The Hall–Kier alpha value is -1.88. The first-order valence-electron chi connectivity index (χ1n) is 8.10. The normalized spacial score (nSPS) is 13.7. The number of anilines is 1. The van der Waals surface area contributed by atoms with E-state index >= 15 is 0 Å². The highest BCUT2D eigenvalue weighted by atomic mass is 16.2. The van der Waals surface area contributed by atoms with Crippen LogP contribution in [0.4, 0.5) is 5.69 Å². The molecule has 0 aliphatic heterocycles. The number of rotatable bonds is 9. The molecule has 0 heterocycles. The Morgan fingerprint density at radius 2 is 1.82 bits per heavy atom. The first-order valence-corrected chi connectivity index (χ1v) is 8.10. The molecule has 5 nitrogen and oxygen atoms in total. The number of unbranched alkanes of at least 4 members (excludes halogenated alkanes) is 3. The Morgan fingerprint density at radius 3 is 2.55 bits per heavy atom. The fraction of sp³-hybridized carbons (Fsp3) is 0.529. The van der Waals surface area contributed by atoms with Gasteiger partial charge in [0.2, 0.25) is 5.91 Å². The van der Waals surface area contributed by atoms with E-state index in [2.05, 4.69) is 10.6 Å². The Balaban J connectivity index is 1.83. The molecule has 0 radical (unpaired) electrons. The van der Waals surface area contributed by atoms with E-state index in [9.17, 15) is 9.59 Å². The van der Waals surface area contributed by atoms with Crippen molar-refractivity contribution in [2.45, 2.75) is 51.0 Å². The predicted molar refractivity (Wildman–Crippen MR) is 87.7 cm³/mol. The molecule has 0 aromatic heterocycles. The van der Waals surface area contributed by atoms with Crippen LogP contribution in [-0.2, 0) is 4.79 Å². The molecule has 1 fully saturated rings. The lowest BCUT2D eigenvalue weighted by molar-refractivity contribution is -0.116. The molecule has 4 N–H and O–H groups in total. The minimum absolute atomic E-state index is 0.0422. The van der Waals surface area contributed by atoms with E-state index in [0.717, 1.165) is 38.5 Å². The lowest BCUT2D eigenvalue weighted by atomic mass is 10.1. The van der Waals surface area contributed by atoms with Gasteiger partial charge in [-0.1, -0.05) is 25.0 Å². The van der Waals surface area contributed by atoms with Gasteiger partial charge in [-0.3, -0.25) is 9.59 Å². The van der Waals surface area contributed by atoms with Gasteiger partial charge in [-0.15, -0.1) is 0 Å². The fourth-order valence-electron chi connectivity index (χ4n) is 2.28. The average molecular weight is 303 g/mol. The van der Waals surface area contributed by atoms with E-state index < -0.39 is 0 Å². The summed E-state index contributed by atoms with van der Waals surface area (Å²) in [5.41, 5.74) is 6.56. The van der Waals surface area contributed by atoms with Crippen molar-refractivity contribution in [1.82, 2.24) is 5.32 Å². The fourth-order valence-corrected chi connectivity index (χ4v) is 2.28. The van der Waals surface area contributed by atoms with Gasteiger partial charge in [-0.05, 0) is 44.4 Å². The molecule has 22 heavy (non-hydrogen) atoms. The summed E-state index contributed by atoms with van der Waals surface area (Å²) in [6.07, 6.45) is 6.49. The largest absolute Gasteiger partial charge is 0.349 e. The summed E-state index contributed by atoms with van der Waals surface area (Å²) in [5.74, 6) is -0.152. The zero-order valence-electron chi connectivity index (χ0n) is 12.9. The molecular formula is C17H25N3O2. The van der Waals surface area contributed by atoms with E-state index in [1.165, 1.54) is 0 Å². The maximum absolute atomic E-state index is 12.2. The predicted octanol–water partition coefficient (Wildman–Crippen LogP) is 2.43. The van der Waals surface area contributed by atoms with E-state index in [4.69, 9.17) is 5.73 Å². The summed E-state index contributed by atoms with van der Waals surface area (Å²) in [6.45, 7) is 0.704. The van der Waals surface area contributed by atoms with Crippen molar-refractivity contribution in [3.05, 3.63) is 29.8 Å². The lowest BCUT2D eigenvalue weighted by Gasteiger charge is -2.11. The van der Waals surface area contributed by atoms with Crippen molar-refractivity contribution in [1.29, 1.82) is 0 Å². The van der Waals surface area contributed by atoms with Crippen LogP contribution in [0.25, 0.3) is 0 Å². The third kappa shape index (κ3) is 5.48. The highest BCUT2D eigenvalue weighted by Crippen LogP contribution is 2.21. The van der Waals surface area contributed by atoms with E-state index in [1.54, 1.807) is 12.1 Å². The molecule has 0 spiro atoms. The zero-order valence-corrected chi connectivity index (χ0v) is 12.9. The van der Waals surface area contributed by atoms with Crippen LogP contribution in [0.15, 0.2) is 24.3 Å². The molecule has 120 valence electrons. The van der Waals surface area contributed by atoms with Gasteiger partial charge in [0.25, 0.3) is 5.91 Å². The van der Waals surface area contributed by atoms with Crippen molar-refractivity contribution in [3.8, 4) is 0 Å². The van der Waals surface area contributed by atoms with E-state index in [-0.39, 0.29) is 11.8 Å². The standard InChI is InChI=1S/C17H25N3O2/c18-12-6-2-1-3-9-16(21)20-15-8-5-4-7-14(15)17(22)19-13-10-11-13/h4-5,7-8,13H,1-3,6,9-12,18H2,(H,19,22)(H,20,21). The number of benzene rings is 1. The highest BCUT2D eigenvalue weighted by Gasteiger charge is 2.24. The average Bonchev–Trinajstić information content (AvgIpc) is 3.31. The maximum Gasteiger partial charge on any atom is 0.253 e. The van der Waals surface area contributed by atoms with Gasteiger partial charge in [0, 0.05) is 12.5 Å². The number of carbonyl (C=O) groups is 2. The number of hydrogen-bond donors (Lipinski definition) is 3. The van der Waals surface area contributed by atoms with Crippen LogP contribution in [0.3, 0.4) is 0 Å². The van der Waals surface area contributed by atoms with Crippen LogP contribution in [0, 0.1) is 0 Å². The van der Waals surface area contributed by atoms with Gasteiger partial charge in [0.05, 0.1) is 11.3 Å². The highest BCUT2D eigenvalue weighted by molar-refractivity contribution is 6.03. The summed E-state index contributed by atoms with van der Waals surface area (Å²) in [6, 6.07) is 7.46. The van der Waals surface area contributed by atoms with Crippen molar-refractivity contribution >= 4 is 17.5 Å². The van der Waals surface area contributed by atoms with Gasteiger partial charge in [-0.2, -0.15) is 0 Å². The number of nitrogens with two attached hydrogens (primary N) is 1. The summed E-state index contributed by atoms with van der Waals surface area (Å²) in [4.78, 5) is 24.1. The summed E-state index contributed by atoms with van der Waals surface area (Å²) < 4.78 is 0. The maximum atomic E-state index is 12.2. The minimum atomic E-state index is -0.110. The number of hydrogen-bond acceptors (Lipinski definition) is 3. The SMILES string of the molecule is NCCCCCCC(=O)Nc1ccccc1C(=O)NC1CC1. The Morgan fingerprint density at radius 1 is 1.09 bits per heavy atom. The Labute approximate surface area is 131 Å². The third-order valence-electron chi connectivity index (χ3n) is 3.72. The molecule has 2 rings (SSSR count). The number of para-hydroxylation sites is 1. The van der Waals surface area contributed by atoms with Gasteiger partial charge >= 0.3 is 0 Å². The quantitative estimate of drug-likeness (QED) is 0.613. The molecule has 1 saturated carbocycles. The first-order chi connectivity index (χ1) is 10.7. The van der Waals surface area contributed by atoms with Crippen LogP contribution in [0.2, 0.25) is 0 Å². The first kappa shape index (κ1) is 16.5. The summed E-state index contributed by atoms with van der Waals surface area (Å²) in [5, 5.41) is 5.80. The van der Waals surface area contributed by atoms with Crippen molar-refractivity contribution in [2.75, 3.05) is 11.9 Å². The Bertz CT molecular complexity index is 512. The minimum Gasteiger partial charge on any atom is -0.349 e. The smallest absolute Gasteiger partial charge is 0.253 e. The third-order valence-corrected chi connectivity index (χ3v) is 3.72. The van der Waals surface area contributed by atoms with Crippen LogP contribution < -0.4 is 16.4 Å². The number of nitrogens with one attached hydrogen (secondary N) is 2. The second kappa shape index (κ2) is 8.54. The number of carbonyl (C=O) groups excluding carboxylic acids is 2. The molecule has 1 aliphatic carbocycles. The van der Waals surface area contributed by atoms with Gasteiger partial charge in [-0.25, -0.2) is 0 Å². The molecule has 2 amide bonds. The van der Waals surface area contributed by atoms with Crippen LogP contribution in [-0.4, -0.2) is 24.4 Å². The molecule has 0 unspecified atom stereocenters. The molecule has 1 aromatic carbocycles. The van der Waals surface area contributed by atoms with E-state index in [1.807, 2.05) is 12.1 Å². The lowest BCUT2D eigenvalue weighted by Crippen LogP contribution is -2.26. The topological polar surface area (TPSA) is 84.2 Å². The van der Waals surface area contributed by atoms with Crippen LogP contribution >= 0.6 is 0 Å². The second-order valence-electron chi connectivity index (χ2n) is 5.79. The molecular weight excluding hydrogens is 278 g/mol. The van der Waals surface area contributed by atoms with Crippen molar-refractivity contribution in [2.24, 2.45) is 5.73 Å². The summed E-state index contributed by atoms with van der Waals surface area (Å²) in [7, 11) is 0. The second-order valence-corrected chi connectivity index (χ2v) is 5.79. The van der Waals surface area contributed by atoms with E-state index in [0.29, 0.717) is 30.3 Å². The molecule has 0 bridgehead atoms. The molecule has 0 atom stereocenters. The van der Waals surface area contributed by atoms with Gasteiger partial charge in [0.1, 0.15) is 0 Å². The van der Waals surface area contributed by atoms with Crippen LogP contribution in [0.1, 0.15) is 55.3 Å². The molecule has 0 saturated heterocycles. The monoisotopic (exact) mass is 303 g/mol. The molecule has 1 aromatic rings. The Kier molecular flexibility index (Phi) is 6.40. The van der Waals surface area contributed by atoms with Gasteiger partial charge < -0.3 is 16.4 Å². The summed E-state index contributed by atoms with van der Waals surface area (Å²) >= 11 is 0. The molecule has 1 aliphatic rings. The number of amides is 2. The van der Waals surface area contributed by atoms with Crippen molar-refractivity contribution < 1.29 is 9.59 Å². The van der Waals surface area contributed by atoms with Crippen LogP contribution in [0.5, 0.6) is 0 Å². The molecule has 5 heteroatoms. The zero-order chi connectivity index (χ0) is 15.8. The van der Waals surface area contributed by atoms with Crippen molar-refractivity contribution in [3.63, 3.8) is 0 Å².